The summed E-state index contributed by atoms with van der Waals surface area (Å²) in [6.07, 6.45) is 0. The van der Waals surface area contributed by atoms with E-state index >= 15 is 0 Å². The maximum atomic E-state index is 11.5. The van der Waals surface area contributed by atoms with Crippen molar-refractivity contribution in [1.82, 2.24) is 15.2 Å². The van der Waals surface area contributed by atoms with Crippen molar-refractivity contribution >= 4 is 11.7 Å². The van der Waals surface area contributed by atoms with Gasteiger partial charge in [0.15, 0.2) is 0 Å². The number of hydrogen-bond donors (Lipinski definition) is 2. The Morgan fingerprint density at radius 1 is 1.62 bits per heavy atom. The number of nitrogen functional groups attached to an aromatic ring is 1. The smallest absolute Gasteiger partial charge is 0.237 e. The van der Waals surface area contributed by atoms with Crippen LogP contribution in [0.2, 0.25) is 0 Å². The fraction of sp³-hybridized carbons (Fsp3) is 0.455. The molecule has 1 aliphatic heterocycles. The monoisotopic (exact) mass is 220 g/mol. The molecule has 5 nitrogen and oxygen atoms in total. The molecule has 3 N–H and O–H groups in total. The van der Waals surface area contributed by atoms with Gasteiger partial charge in [0.05, 0.1) is 11.7 Å². The van der Waals surface area contributed by atoms with Gasteiger partial charge in [0.25, 0.3) is 0 Å². The lowest BCUT2D eigenvalue weighted by molar-refractivity contribution is -0.128. The molecule has 1 aliphatic rings. The van der Waals surface area contributed by atoms with Gasteiger partial charge in [-0.2, -0.15) is 0 Å². The first-order chi connectivity index (χ1) is 7.66. The standard InChI is InChI=1S/C11H16N4O/c1-8-11(16)13-5-6-15(8)7-9-3-2-4-10(12)14-9/h2-4,8H,5-7H2,1H3,(H2,12,14)(H,13,16). The van der Waals surface area contributed by atoms with Crippen molar-refractivity contribution in [1.29, 1.82) is 0 Å². The molecule has 1 aromatic heterocycles. The van der Waals surface area contributed by atoms with Gasteiger partial charge < -0.3 is 11.1 Å². The largest absolute Gasteiger partial charge is 0.384 e. The van der Waals surface area contributed by atoms with Gasteiger partial charge in [-0.15, -0.1) is 0 Å². The molecular weight excluding hydrogens is 204 g/mol. The third kappa shape index (κ3) is 2.30. The van der Waals surface area contributed by atoms with Crippen LogP contribution in [0.15, 0.2) is 18.2 Å². The molecule has 1 atom stereocenters. The molecule has 1 saturated heterocycles. The highest BCUT2D eigenvalue weighted by atomic mass is 16.2. The van der Waals surface area contributed by atoms with Crippen molar-refractivity contribution in [3.8, 4) is 0 Å². The SMILES string of the molecule is CC1C(=O)NCCN1Cc1cccc(N)n1. The van der Waals surface area contributed by atoms with Crippen molar-refractivity contribution in [2.24, 2.45) is 0 Å². The second-order valence-electron chi connectivity index (χ2n) is 3.99. The molecule has 5 heteroatoms. The number of carbonyl (C=O) groups excluding carboxylic acids is 1. The van der Waals surface area contributed by atoms with Crippen LogP contribution in [0.1, 0.15) is 12.6 Å². The van der Waals surface area contributed by atoms with Gasteiger partial charge in [-0.1, -0.05) is 6.07 Å². The highest BCUT2D eigenvalue weighted by molar-refractivity contribution is 5.81. The fourth-order valence-electron chi connectivity index (χ4n) is 1.84. The third-order valence-corrected chi connectivity index (χ3v) is 2.82. The summed E-state index contributed by atoms with van der Waals surface area (Å²) in [6.45, 7) is 4.12. The van der Waals surface area contributed by atoms with Crippen molar-refractivity contribution in [3.05, 3.63) is 23.9 Å². The van der Waals surface area contributed by atoms with E-state index in [9.17, 15) is 4.79 Å². The van der Waals surface area contributed by atoms with Crippen LogP contribution in [-0.2, 0) is 11.3 Å². The highest BCUT2D eigenvalue weighted by Crippen LogP contribution is 2.10. The topological polar surface area (TPSA) is 71.2 Å². The summed E-state index contributed by atoms with van der Waals surface area (Å²) in [4.78, 5) is 17.8. The van der Waals surface area contributed by atoms with Crippen LogP contribution >= 0.6 is 0 Å². The molecule has 0 aliphatic carbocycles. The maximum absolute atomic E-state index is 11.5. The number of nitrogens with two attached hydrogens (primary N) is 1. The number of piperazine rings is 1. The second kappa shape index (κ2) is 4.49. The average molecular weight is 220 g/mol. The zero-order valence-corrected chi connectivity index (χ0v) is 9.31. The third-order valence-electron chi connectivity index (χ3n) is 2.82. The molecule has 2 heterocycles. The molecule has 0 saturated carbocycles. The van der Waals surface area contributed by atoms with E-state index in [2.05, 4.69) is 15.2 Å². The molecule has 16 heavy (non-hydrogen) atoms. The van der Waals surface area contributed by atoms with Crippen molar-refractivity contribution in [3.63, 3.8) is 0 Å². The Morgan fingerprint density at radius 3 is 3.19 bits per heavy atom. The molecular formula is C11H16N4O. The average Bonchev–Trinajstić information content (AvgIpc) is 2.25. The minimum absolute atomic E-state index is 0.0788. The van der Waals surface area contributed by atoms with E-state index in [4.69, 9.17) is 5.73 Å². The Balaban J connectivity index is 2.06. The summed E-state index contributed by atoms with van der Waals surface area (Å²) in [5, 5.41) is 2.83. The minimum atomic E-state index is -0.100. The van der Waals surface area contributed by atoms with Crippen LogP contribution in [-0.4, -0.2) is 34.9 Å². The number of hydrogen-bond acceptors (Lipinski definition) is 4. The molecule has 0 bridgehead atoms. The minimum Gasteiger partial charge on any atom is -0.384 e. The van der Waals surface area contributed by atoms with Crippen LogP contribution in [0, 0.1) is 0 Å². The molecule has 86 valence electrons. The van der Waals surface area contributed by atoms with Crippen molar-refractivity contribution < 1.29 is 4.79 Å². The number of anilines is 1. The lowest BCUT2D eigenvalue weighted by Crippen LogP contribution is -2.53. The lowest BCUT2D eigenvalue weighted by atomic mass is 10.2. The van der Waals surface area contributed by atoms with E-state index in [0.717, 1.165) is 12.2 Å². The lowest BCUT2D eigenvalue weighted by Gasteiger charge is -2.32. The summed E-state index contributed by atoms with van der Waals surface area (Å²) >= 11 is 0. The first kappa shape index (κ1) is 10.9. The number of amides is 1. The van der Waals surface area contributed by atoms with E-state index < -0.39 is 0 Å². The summed E-state index contributed by atoms with van der Waals surface area (Å²) in [6, 6.07) is 5.47. The number of rotatable bonds is 2. The number of nitrogens with one attached hydrogen (secondary N) is 1. The number of nitrogens with zero attached hydrogens (tertiary/aromatic N) is 2. The van der Waals surface area contributed by atoms with Gasteiger partial charge in [-0.05, 0) is 19.1 Å². The maximum Gasteiger partial charge on any atom is 0.237 e. The predicted molar refractivity (Wildman–Crippen MR) is 61.5 cm³/mol. The van der Waals surface area contributed by atoms with E-state index in [-0.39, 0.29) is 11.9 Å². The van der Waals surface area contributed by atoms with E-state index in [1.54, 1.807) is 6.07 Å². The van der Waals surface area contributed by atoms with Gasteiger partial charge in [0.2, 0.25) is 5.91 Å². The molecule has 1 aromatic rings. The van der Waals surface area contributed by atoms with E-state index in [1.165, 1.54) is 0 Å². The Kier molecular flexibility index (Phi) is 3.05. The molecule has 1 amide bonds. The van der Waals surface area contributed by atoms with Gasteiger partial charge in [-0.25, -0.2) is 4.98 Å². The van der Waals surface area contributed by atoms with Gasteiger partial charge in [0, 0.05) is 19.6 Å². The van der Waals surface area contributed by atoms with Crippen LogP contribution < -0.4 is 11.1 Å². The van der Waals surface area contributed by atoms with Crippen LogP contribution in [0.4, 0.5) is 5.82 Å². The van der Waals surface area contributed by atoms with Gasteiger partial charge >= 0.3 is 0 Å². The first-order valence-electron chi connectivity index (χ1n) is 5.40. The Bertz CT molecular complexity index is 393. The molecule has 0 aromatic carbocycles. The number of pyridine rings is 1. The van der Waals surface area contributed by atoms with Gasteiger partial charge in [-0.3, -0.25) is 9.69 Å². The summed E-state index contributed by atoms with van der Waals surface area (Å²) in [7, 11) is 0. The van der Waals surface area contributed by atoms with E-state index in [1.807, 2.05) is 19.1 Å². The van der Waals surface area contributed by atoms with E-state index in [0.29, 0.717) is 18.9 Å². The van der Waals surface area contributed by atoms with Crippen LogP contribution in [0.25, 0.3) is 0 Å². The Labute approximate surface area is 94.6 Å². The summed E-state index contributed by atoms with van der Waals surface area (Å²) in [5.74, 6) is 0.599. The molecule has 1 fully saturated rings. The molecule has 0 radical (unpaired) electrons. The van der Waals surface area contributed by atoms with Crippen molar-refractivity contribution in [2.45, 2.75) is 19.5 Å². The van der Waals surface area contributed by atoms with Crippen LogP contribution in [0.3, 0.4) is 0 Å². The first-order valence-corrected chi connectivity index (χ1v) is 5.40. The quantitative estimate of drug-likeness (QED) is 0.735. The fourth-order valence-corrected chi connectivity index (χ4v) is 1.84. The molecule has 1 unspecified atom stereocenters. The Hall–Kier alpha value is -1.62. The Morgan fingerprint density at radius 2 is 2.44 bits per heavy atom. The zero-order valence-electron chi connectivity index (χ0n) is 9.31. The molecule has 0 spiro atoms. The van der Waals surface area contributed by atoms with Gasteiger partial charge in [0.1, 0.15) is 5.82 Å². The number of carbonyl (C=O) groups is 1. The normalized spacial score (nSPS) is 21.8. The second-order valence-corrected chi connectivity index (χ2v) is 3.99. The van der Waals surface area contributed by atoms with Crippen LogP contribution in [0.5, 0.6) is 0 Å². The number of aromatic nitrogens is 1. The zero-order chi connectivity index (χ0) is 11.5. The molecule has 2 rings (SSSR count). The summed E-state index contributed by atoms with van der Waals surface area (Å²) < 4.78 is 0. The highest BCUT2D eigenvalue weighted by Gasteiger charge is 2.25. The predicted octanol–water partition coefficient (Wildman–Crippen LogP) is -0.0159. The van der Waals surface area contributed by atoms with Crippen molar-refractivity contribution in [2.75, 3.05) is 18.8 Å². The summed E-state index contributed by atoms with van der Waals surface area (Å²) in [5.41, 5.74) is 6.52.